The maximum Gasteiger partial charge on any atom is 0.121 e. The van der Waals surface area contributed by atoms with E-state index in [-0.39, 0.29) is 5.60 Å². The van der Waals surface area contributed by atoms with Gasteiger partial charge in [0.05, 0.1) is 11.3 Å². The highest BCUT2D eigenvalue weighted by Crippen LogP contribution is 2.27. The van der Waals surface area contributed by atoms with Crippen molar-refractivity contribution in [3.63, 3.8) is 0 Å². The zero-order chi connectivity index (χ0) is 14.0. The predicted molar refractivity (Wildman–Crippen MR) is 77.8 cm³/mol. The lowest BCUT2D eigenvalue weighted by atomic mass is 9.93. The van der Waals surface area contributed by atoms with Gasteiger partial charge in [0.2, 0.25) is 0 Å². The second-order valence-corrected chi connectivity index (χ2v) is 5.38. The summed E-state index contributed by atoms with van der Waals surface area (Å²) in [5.74, 6) is 0.663. The number of nitrogens with two attached hydrogens (primary N) is 1. The van der Waals surface area contributed by atoms with Gasteiger partial charge < -0.3 is 10.5 Å². The van der Waals surface area contributed by atoms with Crippen LogP contribution in [0.2, 0.25) is 0 Å². The van der Waals surface area contributed by atoms with E-state index in [4.69, 9.17) is 10.5 Å². The molecule has 1 heterocycles. The fourth-order valence-electron chi connectivity index (χ4n) is 2.07. The molecule has 0 aliphatic rings. The van der Waals surface area contributed by atoms with E-state index in [1.807, 2.05) is 25.2 Å². The van der Waals surface area contributed by atoms with Gasteiger partial charge in [-0.05, 0) is 19.4 Å². The monoisotopic (exact) mass is 259 g/mol. The number of nitrogens with zero attached hydrogens (tertiary/aromatic N) is 2. The first kappa shape index (κ1) is 13.6. The van der Waals surface area contributed by atoms with Crippen LogP contribution >= 0.6 is 0 Å². The molecular weight excluding hydrogens is 238 g/mol. The number of aromatic nitrogens is 2. The summed E-state index contributed by atoms with van der Waals surface area (Å²) in [6.45, 7) is 4.16. The summed E-state index contributed by atoms with van der Waals surface area (Å²) in [5.41, 5.74) is 8.89. The lowest BCUT2D eigenvalue weighted by Crippen LogP contribution is -2.25. The Kier molecular flexibility index (Phi) is 3.62. The van der Waals surface area contributed by atoms with Crippen LogP contribution in [0.5, 0.6) is 0 Å². The van der Waals surface area contributed by atoms with Crippen LogP contribution in [0.15, 0.2) is 30.3 Å². The highest BCUT2D eigenvalue weighted by atomic mass is 16.5. The molecule has 1 aromatic carbocycles. The smallest absolute Gasteiger partial charge is 0.121 e. The van der Waals surface area contributed by atoms with Gasteiger partial charge in [-0.1, -0.05) is 24.3 Å². The molecule has 2 rings (SSSR count). The van der Waals surface area contributed by atoms with Crippen molar-refractivity contribution in [1.82, 2.24) is 9.78 Å². The second kappa shape index (κ2) is 5.05. The molecule has 0 bridgehead atoms. The maximum absolute atomic E-state index is 5.86. The second-order valence-electron chi connectivity index (χ2n) is 5.38. The van der Waals surface area contributed by atoms with Crippen molar-refractivity contribution in [2.45, 2.75) is 25.9 Å². The summed E-state index contributed by atoms with van der Waals surface area (Å²) in [6.07, 6.45) is 0.830. The Morgan fingerprint density at radius 2 is 2.00 bits per heavy atom. The minimum Gasteiger partial charge on any atom is -0.384 e. The average molecular weight is 259 g/mol. The van der Waals surface area contributed by atoms with E-state index in [0.717, 1.165) is 17.7 Å². The van der Waals surface area contributed by atoms with Gasteiger partial charge >= 0.3 is 0 Å². The van der Waals surface area contributed by atoms with Crippen molar-refractivity contribution in [3.05, 3.63) is 35.9 Å². The first-order chi connectivity index (χ1) is 8.93. The maximum atomic E-state index is 5.86. The molecule has 0 spiro atoms. The minimum atomic E-state index is -0.198. The van der Waals surface area contributed by atoms with Crippen molar-refractivity contribution in [3.8, 4) is 11.3 Å². The molecule has 0 saturated heterocycles. The molecule has 4 heteroatoms. The molecule has 0 saturated carbocycles. The van der Waals surface area contributed by atoms with Crippen LogP contribution in [0.3, 0.4) is 0 Å². The summed E-state index contributed by atoms with van der Waals surface area (Å²) in [5, 5.41) is 4.45. The predicted octanol–water partition coefficient (Wildman–Crippen LogP) is 2.64. The number of nitrogen functional groups attached to an aromatic ring is 1. The molecule has 4 nitrogen and oxygen atoms in total. The molecule has 1 aromatic heterocycles. The van der Waals surface area contributed by atoms with Crippen LogP contribution in [-0.2, 0) is 18.2 Å². The third kappa shape index (κ3) is 2.96. The molecule has 0 radical (unpaired) electrons. The van der Waals surface area contributed by atoms with Gasteiger partial charge in [-0.15, -0.1) is 0 Å². The zero-order valence-electron chi connectivity index (χ0n) is 12.0. The van der Waals surface area contributed by atoms with Crippen LogP contribution in [0.1, 0.15) is 19.4 Å². The van der Waals surface area contributed by atoms with Gasteiger partial charge in [0.15, 0.2) is 0 Å². The van der Waals surface area contributed by atoms with E-state index in [0.29, 0.717) is 5.82 Å². The first-order valence-corrected chi connectivity index (χ1v) is 6.36. The number of hydrogen-bond acceptors (Lipinski definition) is 3. The number of anilines is 1. The quantitative estimate of drug-likeness (QED) is 0.918. The average Bonchev–Trinajstić information content (AvgIpc) is 2.70. The van der Waals surface area contributed by atoms with Crippen molar-refractivity contribution >= 4 is 5.82 Å². The summed E-state index contributed by atoms with van der Waals surface area (Å²) < 4.78 is 7.20. The SMILES string of the molecule is COC(C)(C)Cc1ccccc1-c1cc(N)n(C)n1. The van der Waals surface area contributed by atoms with Crippen molar-refractivity contribution in [2.24, 2.45) is 7.05 Å². The van der Waals surface area contributed by atoms with Crippen LogP contribution in [-0.4, -0.2) is 22.5 Å². The summed E-state index contributed by atoms with van der Waals surface area (Å²) in [6, 6.07) is 10.1. The van der Waals surface area contributed by atoms with E-state index < -0.39 is 0 Å². The van der Waals surface area contributed by atoms with Gasteiger partial charge in [0.1, 0.15) is 5.82 Å². The number of ether oxygens (including phenoxy) is 1. The molecule has 2 aromatic rings. The van der Waals surface area contributed by atoms with Crippen LogP contribution in [0.25, 0.3) is 11.3 Å². The van der Waals surface area contributed by atoms with E-state index >= 15 is 0 Å². The summed E-state index contributed by atoms with van der Waals surface area (Å²) >= 11 is 0. The molecule has 0 atom stereocenters. The van der Waals surface area contributed by atoms with E-state index in [1.165, 1.54) is 5.56 Å². The molecule has 2 N–H and O–H groups in total. The summed E-state index contributed by atoms with van der Waals surface area (Å²) in [4.78, 5) is 0. The molecular formula is C15H21N3O. The van der Waals surface area contributed by atoms with Gasteiger partial charge in [0.25, 0.3) is 0 Å². The molecule has 102 valence electrons. The number of rotatable bonds is 4. The van der Waals surface area contributed by atoms with Crippen LogP contribution in [0.4, 0.5) is 5.82 Å². The third-order valence-electron chi connectivity index (χ3n) is 3.38. The Bertz CT molecular complexity index is 553. The van der Waals surface area contributed by atoms with Crippen molar-refractivity contribution in [2.75, 3.05) is 12.8 Å². The number of aryl methyl sites for hydroxylation is 1. The Labute approximate surface area is 114 Å². The number of hydrogen-bond donors (Lipinski definition) is 1. The van der Waals surface area contributed by atoms with Gasteiger partial charge in [0, 0.05) is 32.2 Å². The Morgan fingerprint density at radius 3 is 2.58 bits per heavy atom. The third-order valence-corrected chi connectivity index (χ3v) is 3.38. The molecule has 0 aliphatic heterocycles. The number of benzene rings is 1. The van der Waals surface area contributed by atoms with E-state index in [1.54, 1.807) is 11.8 Å². The van der Waals surface area contributed by atoms with Crippen LogP contribution in [0, 0.1) is 0 Å². The van der Waals surface area contributed by atoms with Gasteiger partial charge in [-0.3, -0.25) is 4.68 Å². The van der Waals surface area contributed by atoms with Gasteiger partial charge in [-0.2, -0.15) is 5.10 Å². The number of methoxy groups -OCH3 is 1. The zero-order valence-corrected chi connectivity index (χ0v) is 12.0. The largest absolute Gasteiger partial charge is 0.384 e. The summed E-state index contributed by atoms with van der Waals surface area (Å²) in [7, 11) is 3.59. The van der Waals surface area contributed by atoms with Gasteiger partial charge in [-0.25, -0.2) is 0 Å². The van der Waals surface area contributed by atoms with E-state index in [9.17, 15) is 0 Å². The Morgan fingerprint density at radius 1 is 1.32 bits per heavy atom. The standard InChI is InChI=1S/C15H21N3O/c1-15(2,19-4)10-11-7-5-6-8-12(11)13-9-14(16)18(3)17-13/h5-9H,10,16H2,1-4H3. The fraction of sp³-hybridized carbons (Fsp3) is 0.400. The normalized spacial score (nSPS) is 11.8. The molecule has 19 heavy (non-hydrogen) atoms. The minimum absolute atomic E-state index is 0.198. The van der Waals surface area contributed by atoms with E-state index in [2.05, 4.69) is 31.1 Å². The first-order valence-electron chi connectivity index (χ1n) is 6.36. The molecule has 0 aliphatic carbocycles. The molecule has 0 fully saturated rings. The Hall–Kier alpha value is -1.81. The van der Waals surface area contributed by atoms with Crippen molar-refractivity contribution < 1.29 is 4.74 Å². The molecule has 0 amide bonds. The Balaban J connectivity index is 2.41. The fourth-order valence-corrected chi connectivity index (χ4v) is 2.07. The van der Waals surface area contributed by atoms with Crippen molar-refractivity contribution in [1.29, 1.82) is 0 Å². The lowest BCUT2D eigenvalue weighted by Gasteiger charge is -2.24. The lowest BCUT2D eigenvalue weighted by molar-refractivity contribution is 0.0233. The topological polar surface area (TPSA) is 53.1 Å². The highest BCUT2D eigenvalue weighted by molar-refractivity contribution is 5.66. The molecule has 0 unspecified atom stereocenters. The highest BCUT2D eigenvalue weighted by Gasteiger charge is 2.20. The van der Waals surface area contributed by atoms with Crippen LogP contribution < -0.4 is 5.73 Å².